The average molecular weight is 399 g/mol. The molecular weight excluding hydrogens is 363 g/mol. The Morgan fingerprint density at radius 2 is 1.08 bits per heavy atom. The van der Waals surface area contributed by atoms with Crippen molar-refractivity contribution < 1.29 is 9.90 Å². The molecule has 0 radical (unpaired) electrons. The third-order valence-corrected chi connectivity index (χ3v) is 4.45. The zero-order chi connectivity index (χ0) is 16.6. The van der Waals surface area contributed by atoms with Crippen LogP contribution in [0.5, 0.6) is 0 Å². The summed E-state index contributed by atoms with van der Waals surface area (Å²) in [5.41, 5.74) is 1.47. The van der Waals surface area contributed by atoms with Gasteiger partial charge in [0.1, 0.15) is 0 Å². The molecule has 0 amide bonds. The molecule has 1 aromatic carbocycles. The molecule has 3 heteroatoms. The van der Waals surface area contributed by atoms with E-state index in [-0.39, 0.29) is 17.1 Å². The molecule has 0 atom stereocenters. The summed E-state index contributed by atoms with van der Waals surface area (Å²) in [5, 5.41) is 8.55. The Morgan fingerprint density at radius 3 is 1.54 bits per heavy atom. The molecule has 0 heterocycles. The predicted octanol–water partition coefficient (Wildman–Crippen LogP) is 5.47. The van der Waals surface area contributed by atoms with E-state index in [1.165, 1.54) is 76.2 Å². The summed E-state index contributed by atoms with van der Waals surface area (Å²) in [6, 6.07) is 10.8. The number of hydrogen-bond acceptors (Lipinski definition) is 1. The van der Waals surface area contributed by atoms with Crippen LogP contribution in [-0.2, 0) is 11.2 Å². The average Bonchev–Trinajstić information content (AvgIpc) is 2.56. The van der Waals surface area contributed by atoms with Gasteiger partial charge in [-0.3, -0.25) is 4.79 Å². The van der Waals surface area contributed by atoms with Crippen LogP contribution in [0.4, 0.5) is 0 Å². The maximum atomic E-state index is 10.4. The Balaban J connectivity index is 0.00000529. The number of unbranched alkanes of at least 4 members (excludes halogenated alkanes) is 11. The van der Waals surface area contributed by atoms with E-state index in [9.17, 15) is 4.79 Å². The van der Waals surface area contributed by atoms with Gasteiger partial charge in [-0.25, -0.2) is 0 Å². The van der Waals surface area contributed by atoms with Crippen LogP contribution in [0.25, 0.3) is 0 Å². The molecule has 0 aliphatic heterocycles. The summed E-state index contributed by atoms with van der Waals surface area (Å²) in [5.74, 6) is -0.659. The molecule has 0 aliphatic carbocycles. The zero-order valence-electron chi connectivity index (χ0n) is 15.1. The number of hydrogen-bond donors (Lipinski definition) is 1. The first-order chi connectivity index (χ1) is 11.3. The molecule has 1 rings (SSSR count). The number of rotatable bonds is 15. The van der Waals surface area contributed by atoms with Gasteiger partial charge in [0.05, 0.1) is 0 Å². The van der Waals surface area contributed by atoms with Crippen molar-refractivity contribution >= 4 is 23.0 Å². The summed E-state index contributed by atoms with van der Waals surface area (Å²) in [6.07, 6.45) is 16.8. The molecule has 0 saturated heterocycles. The number of carboxylic acids is 1. The molecular formula is C21H36O2Se. The van der Waals surface area contributed by atoms with Crippen LogP contribution < -0.4 is 0 Å². The Kier molecular flexibility index (Phi) is 16.5. The standard InChI is InChI=1S/C21H34O2.H2Se/c22-21(23)19-15-10-8-6-4-2-1-3-5-7-9-12-16-20-17-13-11-14-18-20;/h11,13-14,17-18H,1-10,12,15-16,19H2,(H,22,23);1H2. The summed E-state index contributed by atoms with van der Waals surface area (Å²) in [7, 11) is 0. The van der Waals surface area contributed by atoms with Gasteiger partial charge in [-0.1, -0.05) is 94.5 Å². The predicted molar refractivity (Wildman–Crippen MR) is 106 cm³/mol. The Hall–Kier alpha value is -0.791. The maximum absolute atomic E-state index is 10.4. The van der Waals surface area contributed by atoms with E-state index in [4.69, 9.17) is 5.11 Å². The minimum absolute atomic E-state index is 0. The van der Waals surface area contributed by atoms with Crippen molar-refractivity contribution in [3.63, 3.8) is 0 Å². The third-order valence-electron chi connectivity index (χ3n) is 4.45. The number of aryl methyl sites for hydroxylation is 1. The van der Waals surface area contributed by atoms with Crippen LogP contribution in [0.15, 0.2) is 30.3 Å². The van der Waals surface area contributed by atoms with Crippen LogP contribution >= 0.6 is 0 Å². The van der Waals surface area contributed by atoms with E-state index in [0.29, 0.717) is 6.42 Å². The zero-order valence-corrected chi connectivity index (χ0v) is 17.2. The minimum atomic E-state index is -0.659. The second-order valence-corrected chi connectivity index (χ2v) is 6.62. The van der Waals surface area contributed by atoms with Crippen molar-refractivity contribution in [3.05, 3.63) is 35.9 Å². The van der Waals surface area contributed by atoms with Crippen molar-refractivity contribution in [2.45, 2.75) is 89.9 Å². The van der Waals surface area contributed by atoms with Gasteiger partial charge >= 0.3 is 23.0 Å². The fraction of sp³-hybridized carbons (Fsp3) is 0.667. The quantitative estimate of drug-likeness (QED) is 0.314. The van der Waals surface area contributed by atoms with Gasteiger partial charge < -0.3 is 5.11 Å². The van der Waals surface area contributed by atoms with Crippen LogP contribution in [-0.4, -0.2) is 28.1 Å². The molecule has 0 fully saturated rings. The van der Waals surface area contributed by atoms with Gasteiger partial charge in [0.2, 0.25) is 0 Å². The summed E-state index contributed by atoms with van der Waals surface area (Å²) < 4.78 is 0. The molecule has 1 N–H and O–H groups in total. The number of aliphatic carboxylic acids is 1. The van der Waals surface area contributed by atoms with E-state index in [2.05, 4.69) is 30.3 Å². The molecule has 138 valence electrons. The van der Waals surface area contributed by atoms with Crippen LogP contribution in [0, 0.1) is 0 Å². The summed E-state index contributed by atoms with van der Waals surface area (Å²) >= 11 is 0. The first-order valence-corrected chi connectivity index (χ1v) is 9.55. The fourth-order valence-electron chi connectivity index (χ4n) is 3.02. The van der Waals surface area contributed by atoms with Crippen molar-refractivity contribution in [2.75, 3.05) is 0 Å². The van der Waals surface area contributed by atoms with Crippen LogP contribution in [0.1, 0.15) is 89.0 Å². The van der Waals surface area contributed by atoms with Crippen molar-refractivity contribution in [3.8, 4) is 0 Å². The van der Waals surface area contributed by atoms with Gasteiger partial charge in [0.15, 0.2) is 0 Å². The van der Waals surface area contributed by atoms with Gasteiger partial charge in [-0.15, -0.1) is 0 Å². The number of benzene rings is 1. The second-order valence-electron chi connectivity index (χ2n) is 6.62. The van der Waals surface area contributed by atoms with Crippen molar-refractivity contribution in [1.82, 2.24) is 0 Å². The molecule has 0 bridgehead atoms. The topological polar surface area (TPSA) is 37.3 Å². The number of carbonyl (C=O) groups is 1. The first-order valence-electron chi connectivity index (χ1n) is 9.55. The molecule has 0 aromatic heterocycles. The molecule has 0 saturated carbocycles. The van der Waals surface area contributed by atoms with Gasteiger partial charge in [-0.05, 0) is 24.8 Å². The molecule has 0 spiro atoms. The molecule has 2 nitrogen and oxygen atoms in total. The van der Waals surface area contributed by atoms with E-state index in [0.717, 1.165) is 12.8 Å². The van der Waals surface area contributed by atoms with Crippen LogP contribution in [0.2, 0.25) is 0 Å². The molecule has 1 aromatic rings. The number of carboxylic acid groups (broad SMARTS) is 1. The van der Waals surface area contributed by atoms with Crippen molar-refractivity contribution in [1.29, 1.82) is 0 Å². The van der Waals surface area contributed by atoms with E-state index in [1.807, 2.05) is 0 Å². The SMILES string of the molecule is O=C(O)CCCCCCCCCCCCCCc1ccccc1.[SeH2]. The third kappa shape index (κ3) is 14.8. The Labute approximate surface area is 158 Å². The van der Waals surface area contributed by atoms with E-state index >= 15 is 0 Å². The van der Waals surface area contributed by atoms with E-state index < -0.39 is 5.97 Å². The van der Waals surface area contributed by atoms with E-state index in [1.54, 1.807) is 0 Å². The molecule has 24 heavy (non-hydrogen) atoms. The van der Waals surface area contributed by atoms with Crippen LogP contribution in [0.3, 0.4) is 0 Å². The monoisotopic (exact) mass is 400 g/mol. The fourth-order valence-corrected chi connectivity index (χ4v) is 3.02. The molecule has 0 unspecified atom stereocenters. The molecule has 0 aliphatic rings. The van der Waals surface area contributed by atoms with Gasteiger partial charge in [-0.2, -0.15) is 0 Å². The van der Waals surface area contributed by atoms with Gasteiger partial charge in [0.25, 0.3) is 0 Å². The Morgan fingerprint density at radius 1 is 0.667 bits per heavy atom. The summed E-state index contributed by atoms with van der Waals surface area (Å²) in [4.78, 5) is 10.4. The summed E-state index contributed by atoms with van der Waals surface area (Å²) in [6.45, 7) is 0. The second kappa shape index (κ2) is 17.0. The Bertz CT molecular complexity index is 392. The normalized spacial score (nSPS) is 10.3. The van der Waals surface area contributed by atoms with Crippen molar-refractivity contribution in [2.24, 2.45) is 0 Å². The van der Waals surface area contributed by atoms with Gasteiger partial charge in [0, 0.05) is 6.42 Å². The first kappa shape index (κ1) is 23.2.